The zero-order chi connectivity index (χ0) is 16.2. The fourth-order valence-corrected chi connectivity index (χ4v) is 3.04. The Kier molecular flexibility index (Phi) is 4.46. The molecule has 5 nitrogen and oxygen atoms in total. The molecule has 0 saturated heterocycles. The highest BCUT2D eigenvalue weighted by molar-refractivity contribution is 5.87. The number of rotatable bonds is 5. The van der Waals surface area contributed by atoms with Crippen molar-refractivity contribution in [3.63, 3.8) is 0 Å². The van der Waals surface area contributed by atoms with E-state index in [4.69, 9.17) is 0 Å². The van der Waals surface area contributed by atoms with E-state index in [0.29, 0.717) is 6.42 Å². The Morgan fingerprint density at radius 2 is 2.13 bits per heavy atom. The van der Waals surface area contributed by atoms with Crippen LogP contribution in [0.5, 0.6) is 0 Å². The number of aliphatic carboxylic acids is 1. The number of carbonyl (C=O) groups is 2. The third kappa shape index (κ3) is 3.44. The van der Waals surface area contributed by atoms with Gasteiger partial charge in [0.15, 0.2) is 0 Å². The number of nitrogens with one attached hydrogen (secondary N) is 2. The van der Waals surface area contributed by atoms with Crippen LogP contribution in [0.1, 0.15) is 24.8 Å². The Labute approximate surface area is 134 Å². The molecule has 1 heterocycles. The van der Waals surface area contributed by atoms with Gasteiger partial charge < -0.3 is 15.4 Å². The molecule has 0 radical (unpaired) electrons. The third-order valence-electron chi connectivity index (χ3n) is 4.35. The van der Waals surface area contributed by atoms with Crippen molar-refractivity contribution in [1.29, 1.82) is 0 Å². The highest BCUT2D eigenvalue weighted by atomic mass is 16.4. The molecule has 2 unspecified atom stereocenters. The van der Waals surface area contributed by atoms with Crippen molar-refractivity contribution in [2.75, 3.05) is 0 Å². The second-order valence-electron chi connectivity index (χ2n) is 5.94. The summed E-state index contributed by atoms with van der Waals surface area (Å²) in [5, 5.41) is 13.1. The largest absolute Gasteiger partial charge is 0.480 e. The van der Waals surface area contributed by atoms with Crippen molar-refractivity contribution in [3.05, 3.63) is 48.2 Å². The van der Waals surface area contributed by atoms with Gasteiger partial charge in [-0.3, -0.25) is 4.79 Å². The fourth-order valence-electron chi connectivity index (χ4n) is 3.04. The van der Waals surface area contributed by atoms with Gasteiger partial charge >= 0.3 is 5.97 Å². The maximum Gasteiger partial charge on any atom is 0.326 e. The number of carboxylic acid groups (broad SMARTS) is 1. The molecule has 1 aromatic heterocycles. The van der Waals surface area contributed by atoms with E-state index in [1.807, 2.05) is 36.5 Å². The van der Waals surface area contributed by atoms with Crippen LogP contribution < -0.4 is 5.32 Å². The van der Waals surface area contributed by atoms with E-state index in [1.54, 1.807) is 0 Å². The highest BCUT2D eigenvalue weighted by Gasteiger charge is 2.26. The standard InChI is InChI=1S/C18H20N2O3/c21-17(12-6-2-1-3-7-12)20-16(18(22)23)10-13-11-19-15-9-5-4-8-14(13)15/h1-2,4-5,8-9,11-12,16,19H,3,6-7,10H2,(H,20,21)(H,22,23). The SMILES string of the molecule is O=C(NC(Cc1c[nH]c2ccccc12)C(=O)O)C1CC=CCC1. The number of carboxylic acids is 1. The van der Waals surface area contributed by atoms with Gasteiger partial charge in [-0.05, 0) is 30.9 Å². The van der Waals surface area contributed by atoms with Crippen molar-refractivity contribution in [2.45, 2.75) is 31.7 Å². The summed E-state index contributed by atoms with van der Waals surface area (Å²) in [4.78, 5) is 27.0. The minimum Gasteiger partial charge on any atom is -0.480 e. The average molecular weight is 312 g/mol. The number of para-hydroxylation sites is 1. The normalized spacial score (nSPS) is 18.7. The fraction of sp³-hybridized carbons (Fsp3) is 0.333. The first-order valence-corrected chi connectivity index (χ1v) is 7.88. The third-order valence-corrected chi connectivity index (χ3v) is 4.35. The van der Waals surface area contributed by atoms with Crippen LogP contribution in [0.2, 0.25) is 0 Å². The van der Waals surface area contributed by atoms with Crippen molar-refractivity contribution in [1.82, 2.24) is 10.3 Å². The maximum atomic E-state index is 12.3. The molecule has 23 heavy (non-hydrogen) atoms. The highest BCUT2D eigenvalue weighted by Crippen LogP contribution is 2.21. The van der Waals surface area contributed by atoms with Crippen molar-refractivity contribution >= 4 is 22.8 Å². The van der Waals surface area contributed by atoms with Gasteiger partial charge in [-0.25, -0.2) is 4.79 Å². The Balaban J connectivity index is 1.73. The molecule has 3 rings (SSSR count). The molecule has 1 aliphatic carbocycles. The number of carbonyl (C=O) groups excluding carboxylic acids is 1. The summed E-state index contributed by atoms with van der Waals surface area (Å²) in [6.45, 7) is 0. The lowest BCUT2D eigenvalue weighted by Crippen LogP contribution is -2.45. The zero-order valence-electron chi connectivity index (χ0n) is 12.8. The van der Waals surface area contributed by atoms with E-state index in [0.717, 1.165) is 29.3 Å². The van der Waals surface area contributed by atoms with E-state index in [-0.39, 0.29) is 18.2 Å². The summed E-state index contributed by atoms with van der Waals surface area (Å²) in [6.07, 6.45) is 8.47. The van der Waals surface area contributed by atoms with Gasteiger partial charge in [0.2, 0.25) is 5.91 Å². The molecular formula is C18H20N2O3. The first-order chi connectivity index (χ1) is 11.1. The molecule has 3 N–H and O–H groups in total. The summed E-state index contributed by atoms with van der Waals surface area (Å²) in [7, 11) is 0. The second-order valence-corrected chi connectivity index (χ2v) is 5.94. The summed E-state index contributed by atoms with van der Waals surface area (Å²) in [6, 6.07) is 6.83. The van der Waals surface area contributed by atoms with Crippen LogP contribution in [0.15, 0.2) is 42.6 Å². The van der Waals surface area contributed by atoms with Gasteiger partial charge in [0.05, 0.1) is 0 Å². The monoisotopic (exact) mass is 312 g/mol. The number of hydrogen-bond donors (Lipinski definition) is 3. The molecule has 1 aliphatic rings. The molecule has 1 aromatic carbocycles. The molecular weight excluding hydrogens is 292 g/mol. The summed E-state index contributed by atoms with van der Waals surface area (Å²) >= 11 is 0. The minimum atomic E-state index is -1.00. The van der Waals surface area contributed by atoms with Crippen LogP contribution >= 0.6 is 0 Å². The smallest absolute Gasteiger partial charge is 0.326 e. The zero-order valence-corrected chi connectivity index (χ0v) is 12.8. The number of hydrogen-bond acceptors (Lipinski definition) is 2. The molecule has 2 atom stereocenters. The van der Waals surface area contributed by atoms with Crippen molar-refractivity contribution in [2.24, 2.45) is 5.92 Å². The second kappa shape index (κ2) is 6.69. The van der Waals surface area contributed by atoms with E-state index in [2.05, 4.69) is 16.4 Å². The Bertz CT molecular complexity index is 748. The van der Waals surface area contributed by atoms with Crippen LogP contribution in [-0.2, 0) is 16.0 Å². The molecule has 0 bridgehead atoms. The molecule has 2 aromatic rings. The van der Waals surface area contributed by atoms with E-state index >= 15 is 0 Å². The van der Waals surface area contributed by atoms with Gasteiger partial charge in [-0.1, -0.05) is 30.4 Å². The van der Waals surface area contributed by atoms with Crippen LogP contribution in [0.3, 0.4) is 0 Å². The molecule has 0 spiro atoms. The predicted octanol–water partition coefficient (Wildman–Crippen LogP) is 2.64. The molecule has 1 amide bonds. The molecule has 5 heteroatoms. The molecule has 0 saturated carbocycles. The number of benzene rings is 1. The van der Waals surface area contributed by atoms with Gasteiger partial charge in [0, 0.05) is 29.4 Å². The minimum absolute atomic E-state index is 0.121. The Hall–Kier alpha value is -2.56. The summed E-state index contributed by atoms with van der Waals surface area (Å²) < 4.78 is 0. The molecule has 120 valence electrons. The van der Waals surface area contributed by atoms with Crippen molar-refractivity contribution < 1.29 is 14.7 Å². The van der Waals surface area contributed by atoms with E-state index in [9.17, 15) is 14.7 Å². The van der Waals surface area contributed by atoms with Crippen LogP contribution in [0.25, 0.3) is 10.9 Å². The summed E-state index contributed by atoms with van der Waals surface area (Å²) in [5.41, 5.74) is 1.87. The van der Waals surface area contributed by atoms with Crippen LogP contribution in [-0.4, -0.2) is 28.0 Å². The van der Waals surface area contributed by atoms with Gasteiger partial charge in [-0.15, -0.1) is 0 Å². The lowest BCUT2D eigenvalue weighted by atomic mass is 9.93. The number of H-pyrrole nitrogens is 1. The lowest BCUT2D eigenvalue weighted by Gasteiger charge is -2.20. The average Bonchev–Trinajstić information content (AvgIpc) is 2.98. The van der Waals surface area contributed by atoms with Crippen LogP contribution in [0.4, 0.5) is 0 Å². The van der Waals surface area contributed by atoms with E-state index in [1.165, 1.54) is 0 Å². The number of allylic oxidation sites excluding steroid dienone is 2. The summed E-state index contributed by atoms with van der Waals surface area (Å²) in [5.74, 6) is -1.29. The van der Waals surface area contributed by atoms with Crippen LogP contribution in [0, 0.1) is 5.92 Å². The van der Waals surface area contributed by atoms with Gasteiger partial charge in [0.25, 0.3) is 0 Å². The Morgan fingerprint density at radius 1 is 1.30 bits per heavy atom. The maximum absolute atomic E-state index is 12.3. The number of fused-ring (bicyclic) bond motifs is 1. The first-order valence-electron chi connectivity index (χ1n) is 7.88. The molecule has 0 fully saturated rings. The number of aromatic nitrogens is 1. The predicted molar refractivity (Wildman–Crippen MR) is 88.1 cm³/mol. The number of amides is 1. The quantitative estimate of drug-likeness (QED) is 0.742. The van der Waals surface area contributed by atoms with E-state index < -0.39 is 12.0 Å². The lowest BCUT2D eigenvalue weighted by molar-refractivity contribution is -0.142. The van der Waals surface area contributed by atoms with Gasteiger partial charge in [0.1, 0.15) is 6.04 Å². The van der Waals surface area contributed by atoms with Crippen molar-refractivity contribution in [3.8, 4) is 0 Å². The Morgan fingerprint density at radius 3 is 2.87 bits per heavy atom. The van der Waals surface area contributed by atoms with Gasteiger partial charge in [-0.2, -0.15) is 0 Å². The number of aromatic amines is 1. The molecule has 0 aliphatic heterocycles. The topological polar surface area (TPSA) is 82.2 Å². The first kappa shape index (κ1) is 15.3.